The zero-order valence-electron chi connectivity index (χ0n) is 27.8. The molecule has 0 aliphatic carbocycles. The highest BCUT2D eigenvalue weighted by atomic mass is 35.5. The van der Waals surface area contributed by atoms with E-state index in [1.165, 1.54) is 38.4 Å². The maximum atomic E-state index is 13.3. The molecule has 4 aromatic carbocycles. The van der Waals surface area contributed by atoms with Crippen LogP contribution in [0.4, 0.5) is 37.7 Å². The minimum absolute atomic E-state index is 0.0590. The van der Waals surface area contributed by atoms with Gasteiger partial charge in [-0.05, 0) is 77.4 Å². The van der Waals surface area contributed by atoms with Crippen LogP contribution in [-0.2, 0) is 46.3 Å². The van der Waals surface area contributed by atoms with Crippen molar-refractivity contribution in [3.63, 3.8) is 0 Å². The molecule has 0 aliphatic rings. The van der Waals surface area contributed by atoms with Crippen LogP contribution in [0.25, 0.3) is 0 Å². The van der Waals surface area contributed by atoms with Crippen LogP contribution < -0.4 is 25.4 Å². The molecule has 0 radical (unpaired) electrons. The molecular formula is C35H27Cl4F6N3O6. The molecule has 0 aromatic heterocycles. The van der Waals surface area contributed by atoms with Gasteiger partial charge in [0.2, 0.25) is 0 Å². The summed E-state index contributed by atoms with van der Waals surface area (Å²) in [5.41, 5.74) is -0.958. The summed E-state index contributed by atoms with van der Waals surface area (Å²) in [5.74, 6) is -3.17. The molecule has 1 amide bonds. The quantitative estimate of drug-likeness (QED) is 0.0693. The Morgan fingerprint density at radius 3 is 1.43 bits per heavy atom. The lowest BCUT2D eigenvalue weighted by atomic mass is 10.1. The molecule has 288 valence electrons. The van der Waals surface area contributed by atoms with Crippen LogP contribution in [0.1, 0.15) is 38.2 Å². The first-order chi connectivity index (χ1) is 25.3. The van der Waals surface area contributed by atoms with E-state index < -0.39 is 54.3 Å². The van der Waals surface area contributed by atoms with Gasteiger partial charge in [-0.15, -0.1) is 0 Å². The molecule has 4 rings (SSSR count). The Morgan fingerprint density at radius 2 is 1.02 bits per heavy atom. The maximum absolute atomic E-state index is 13.3. The lowest BCUT2D eigenvalue weighted by Crippen LogP contribution is -2.32. The van der Waals surface area contributed by atoms with Gasteiger partial charge in [-0.1, -0.05) is 46.4 Å². The second kappa shape index (κ2) is 17.7. The summed E-state index contributed by atoms with van der Waals surface area (Å²) in [5, 5.41) is 7.08. The average Bonchev–Trinajstić information content (AvgIpc) is 3.08. The molecule has 4 aromatic rings. The van der Waals surface area contributed by atoms with E-state index in [-0.39, 0.29) is 78.4 Å². The van der Waals surface area contributed by atoms with Gasteiger partial charge in [0.05, 0.1) is 37.6 Å². The fourth-order valence-corrected chi connectivity index (χ4v) is 6.02. The molecule has 19 heteroatoms. The van der Waals surface area contributed by atoms with Crippen LogP contribution in [0.15, 0.2) is 60.7 Å². The zero-order valence-corrected chi connectivity index (χ0v) is 30.9. The molecule has 0 saturated carbocycles. The predicted molar refractivity (Wildman–Crippen MR) is 191 cm³/mol. The second-order valence-corrected chi connectivity index (χ2v) is 12.9. The van der Waals surface area contributed by atoms with Crippen molar-refractivity contribution in [2.24, 2.45) is 0 Å². The van der Waals surface area contributed by atoms with E-state index >= 15 is 0 Å². The van der Waals surface area contributed by atoms with E-state index in [0.29, 0.717) is 0 Å². The zero-order chi connectivity index (χ0) is 40.0. The maximum Gasteiger partial charge on any atom is 0.416 e. The largest absolute Gasteiger partial charge is 0.486 e. The molecule has 0 bridgehead atoms. The summed E-state index contributed by atoms with van der Waals surface area (Å²) in [4.78, 5) is 37.4. The molecule has 3 N–H and O–H groups in total. The third kappa shape index (κ3) is 11.5. The predicted octanol–water partition coefficient (Wildman–Crippen LogP) is 9.62. The number of hydrogen-bond donors (Lipinski definition) is 3. The molecule has 9 nitrogen and oxygen atoms in total. The Bertz CT molecular complexity index is 2020. The number of carbonyl (C=O) groups excluding carboxylic acids is 3. The van der Waals surface area contributed by atoms with Crippen LogP contribution in [-0.4, -0.2) is 38.5 Å². The number of alkyl halides is 6. The normalized spacial score (nSPS) is 11.5. The summed E-state index contributed by atoms with van der Waals surface area (Å²) < 4.78 is 95.6. The minimum Gasteiger partial charge on any atom is -0.486 e. The Hall–Kier alpha value is -4.57. The van der Waals surface area contributed by atoms with Gasteiger partial charge in [0.25, 0.3) is 5.91 Å². The summed E-state index contributed by atoms with van der Waals surface area (Å²) >= 11 is 25.0. The van der Waals surface area contributed by atoms with Crippen LogP contribution in [0.2, 0.25) is 20.1 Å². The topological polar surface area (TPSA) is 115 Å². The second-order valence-electron chi connectivity index (χ2n) is 11.3. The van der Waals surface area contributed by atoms with Gasteiger partial charge in [0.1, 0.15) is 19.8 Å². The number of anilines is 2. The van der Waals surface area contributed by atoms with Gasteiger partial charge in [-0.3, -0.25) is 9.59 Å². The third-order valence-electron chi connectivity index (χ3n) is 7.27. The molecule has 0 unspecified atom stereocenters. The highest BCUT2D eigenvalue weighted by Gasteiger charge is 2.32. The molecule has 0 spiro atoms. The van der Waals surface area contributed by atoms with E-state index in [4.69, 9.17) is 60.6 Å². The first kappa shape index (κ1) is 42.2. The van der Waals surface area contributed by atoms with Crippen molar-refractivity contribution in [3.8, 4) is 11.5 Å². The number of benzene rings is 4. The van der Waals surface area contributed by atoms with Gasteiger partial charge in [-0.25, -0.2) is 4.79 Å². The Kier molecular flexibility index (Phi) is 13.8. The number of hydrogen-bond acceptors (Lipinski definition) is 8. The fourth-order valence-electron chi connectivity index (χ4n) is 4.78. The molecule has 0 fully saturated rings. The SMILES string of the molecule is CNc1cc(COc2c(Cl)cc(CC(=O)OC(=O)CNC(=O)c3cc(Cl)c(OCc4cc(NC)cc(C(F)(F)F)c4)c(Cl)c3)cc2Cl)cc(C(F)(F)F)c1. The van der Waals surface area contributed by atoms with E-state index in [0.717, 1.165) is 36.4 Å². The number of ether oxygens (including phenoxy) is 3. The van der Waals surface area contributed by atoms with E-state index in [2.05, 4.69) is 16.0 Å². The lowest BCUT2D eigenvalue weighted by Gasteiger charge is -2.15. The first-order valence-electron chi connectivity index (χ1n) is 15.3. The fraction of sp³-hybridized carbons (Fsp3) is 0.229. The number of esters is 2. The van der Waals surface area contributed by atoms with E-state index in [1.54, 1.807) is 0 Å². The number of amides is 1. The highest BCUT2D eigenvalue weighted by Crippen LogP contribution is 2.38. The molecule has 0 aliphatic heterocycles. The van der Waals surface area contributed by atoms with Crippen molar-refractivity contribution in [2.45, 2.75) is 32.0 Å². The molecule has 54 heavy (non-hydrogen) atoms. The van der Waals surface area contributed by atoms with Gasteiger partial charge >= 0.3 is 24.3 Å². The Labute approximate surface area is 323 Å². The van der Waals surface area contributed by atoms with Crippen molar-refractivity contribution >= 4 is 75.6 Å². The monoisotopic (exact) mass is 839 g/mol. The van der Waals surface area contributed by atoms with Crippen LogP contribution >= 0.6 is 46.4 Å². The average molecular weight is 841 g/mol. The van der Waals surface area contributed by atoms with Crippen molar-refractivity contribution < 1.29 is 54.9 Å². The highest BCUT2D eigenvalue weighted by molar-refractivity contribution is 6.38. The third-order valence-corrected chi connectivity index (χ3v) is 8.39. The lowest BCUT2D eigenvalue weighted by molar-refractivity contribution is -0.158. The van der Waals surface area contributed by atoms with Crippen molar-refractivity contribution in [3.05, 3.63) is 114 Å². The van der Waals surface area contributed by atoms with E-state index in [9.17, 15) is 40.7 Å². The molecule has 0 atom stereocenters. The van der Waals surface area contributed by atoms with Crippen molar-refractivity contribution in [1.82, 2.24) is 5.32 Å². The molecule has 0 saturated heterocycles. The van der Waals surface area contributed by atoms with Crippen LogP contribution in [0.5, 0.6) is 11.5 Å². The Balaban J connectivity index is 1.30. The summed E-state index contributed by atoms with van der Waals surface area (Å²) in [6.45, 7) is -1.42. The van der Waals surface area contributed by atoms with Gasteiger partial charge in [-0.2, -0.15) is 26.3 Å². The Morgan fingerprint density at radius 1 is 0.593 bits per heavy atom. The first-order valence-corrected chi connectivity index (χ1v) is 16.8. The van der Waals surface area contributed by atoms with Crippen molar-refractivity contribution in [2.75, 3.05) is 31.3 Å². The summed E-state index contributed by atoms with van der Waals surface area (Å²) in [6.07, 6.45) is -9.67. The van der Waals surface area contributed by atoms with Gasteiger partial charge in [0.15, 0.2) is 11.5 Å². The number of rotatable bonds is 13. The number of nitrogens with one attached hydrogen (secondary N) is 3. The summed E-state index contributed by atoms with van der Waals surface area (Å²) in [6, 6.07) is 11.5. The van der Waals surface area contributed by atoms with E-state index in [1.807, 2.05) is 0 Å². The van der Waals surface area contributed by atoms with Gasteiger partial charge < -0.3 is 30.2 Å². The molecular weight excluding hydrogens is 814 g/mol. The minimum atomic E-state index is -4.60. The van der Waals surface area contributed by atoms with Gasteiger partial charge in [0, 0.05) is 31.0 Å². The molecule has 0 heterocycles. The number of carbonyl (C=O) groups is 3. The van der Waals surface area contributed by atoms with Crippen LogP contribution in [0.3, 0.4) is 0 Å². The standard InChI is InChI=1S/C35H27Cl4F6N3O6/c1-46-23-5-18(3-21(12-23)34(40,41)42)15-52-31-25(36)7-17(8-26(31)37)9-29(49)54-30(50)14-48-33(51)20-10-27(38)32(28(39)11-20)53-16-19-4-22(35(43,44)45)13-24(6-19)47-2/h3-8,10-13,46-47H,9,14-16H2,1-2H3,(H,48,51). The summed E-state index contributed by atoms with van der Waals surface area (Å²) in [7, 11) is 2.92. The number of halogens is 10. The van der Waals surface area contributed by atoms with Crippen molar-refractivity contribution in [1.29, 1.82) is 0 Å². The smallest absolute Gasteiger partial charge is 0.416 e. The van der Waals surface area contributed by atoms with Crippen LogP contribution in [0, 0.1) is 0 Å².